The summed E-state index contributed by atoms with van der Waals surface area (Å²) in [6.45, 7) is 1.35. The van der Waals surface area contributed by atoms with Crippen molar-refractivity contribution in [2.45, 2.75) is 19.5 Å². The summed E-state index contributed by atoms with van der Waals surface area (Å²) in [4.78, 5) is 11.6. The van der Waals surface area contributed by atoms with Crippen LogP contribution < -0.4 is 10.6 Å². The van der Waals surface area contributed by atoms with Crippen LogP contribution in [0.2, 0.25) is 0 Å². The first-order valence-corrected chi connectivity index (χ1v) is 6.49. The van der Waals surface area contributed by atoms with Gasteiger partial charge in [-0.1, -0.05) is 18.2 Å². The van der Waals surface area contributed by atoms with E-state index in [2.05, 4.69) is 10.6 Å². The van der Waals surface area contributed by atoms with Gasteiger partial charge in [-0.15, -0.1) is 0 Å². The number of halogens is 1. The maximum Gasteiger partial charge on any atom is 0.221 e. The predicted molar refractivity (Wildman–Crippen MR) is 73.3 cm³/mol. The minimum absolute atomic E-state index is 0.111. The van der Waals surface area contributed by atoms with Crippen LogP contribution in [0, 0.1) is 5.82 Å². The molecule has 1 amide bonds. The van der Waals surface area contributed by atoms with Crippen molar-refractivity contribution in [3.8, 4) is 0 Å². The third kappa shape index (κ3) is 4.51. The summed E-state index contributed by atoms with van der Waals surface area (Å²) in [6, 6.07) is 10.1. The van der Waals surface area contributed by atoms with Crippen molar-refractivity contribution >= 4 is 5.91 Å². The van der Waals surface area contributed by atoms with Gasteiger partial charge in [-0.2, -0.15) is 0 Å². The van der Waals surface area contributed by atoms with Crippen LogP contribution in [-0.2, 0) is 17.9 Å². The molecule has 0 aliphatic carbocycles. The molecule has 1 heterocycles. The third-order valence-electron chi connectivity index (χ3n) is 2.84. The molecule has 1 aromatic carbocycles. The Morgan fingerprint density at radius 3 is 2.75 bits per heavy atom. The molecule has 0 aliphatic heterocycles. The summed E-state index contributed by atoms with van der Waals surface area (Å²) < 4.78 is 18.5. The zero-order valence-electron chi connectivity index (χ0n) is 11.1. The quantitative estimate of drug-likeness (QED) is 0.762. The SMILES string of the molecule is O=C(CCNCc1ccco1)NCc1ccccc1F. The van der Waals surface area contributed by atoms with Crippen LogP contribution in [0.25, 0.3) is 0 Å². The summed E-state index contributed by atoms with van der Waals surface area (Å²) >= 11 is 0. The predicted octanol–water partition coefficient (Wildman–Crippen LogP) is 2.21. The van der Waals surface area contributed by atoms with Crippen molar-refractivity contribution in [1.82, 2.24) is 10.6 Å². The van der Waals surface area contributed by atoms with Crippen LogP contribution in [-0.4, -0.2) is 12.5 Å². The number of rotatable bonds is 7. The van der Waals surface area contributed by atoms with Crippen molar-refractivity contribution in [2.24, 2.45) is 0 Å². The number of amides is 1. The van der Waals surface area contributed by atoms with E-state index in [0.717, 1.165) is 5.76 Å². The second-order valence-corrected chi connectivity index (χ2v) is 4.37. The Kier molecular flexibility index (Phi) is 5.32. The summed E-state index contributed by atoms with van der Waals surface area (Å²) in [5, 5.41) is 5.79. The number of furan rings is 1. The standard InChI is InChI=1S/C15H17FN2O2/c16-14-6-2-1-4-12(14)10-18-15(19)7-8-17-11-13-5-3-9-20-13/h1-6,9,17H,7-8,10-11H2,(H,18,19). The molecule has 2 N–H and O–H groups in total. The Hall–Kier alpha value is -2.14. The van der Waals surface area contributed by atoms with Crippen molar-refractivity contribution in [3.63, 3.8) is 0 Å². The van der Waals surface area contributed by atoms with Crippen LogP contribution in [0.5, 0.6) is 0 Å². The second-order valence-electron chi connectivity index (χ2n) is 4.37. The lowest BCUT2D eigenvalue weighted by Crippen LogP contribution is -2.27. The molecule has 0 saturated carbocycles. The zero-order valence-corrected chi connectivity index (χ0v) is 11.1. The lowest BCUT2D eigenvalue weighted by molar-refractivity contribution is -0.121. The van der Waals surface area contributed by atoms with Crippen molar-refractivity contribution in [3.05, 3.63) is 59.8 Å². The number of carbonyl (C=O) groups excluding carboxylic acids is 1. The molecule has 2 aromatic rings. The summed E-state index contributed by atoms with van der Waals surface area (Å²) in [7, 11) is 0. The van der Waals surface area contributed by atoms with E-state index >= 15 is 0 Å². The monoisotopic (exact) mass is 276 g/mol. The highest BCUT2D eigenvalue weighted by Gasteiger charge is 2.04. The smallest absolute Gasteiger partial charge is 0.221 e. The lowest BCUT2D eigenvalue weighted by Gasteiger charge is -2.06. The van der Waals surface area contributed by atoms with Gasteiger partial charge in [-0.3, -0.25) is 4.79 Å². The van der Waals surface area contributed by atoms with Gasteiger partial charge >= 0.3 is 0 Å². The largest absolute Gasteiger partial charge is 0.468 e. The molecular weight excluding hydrogens is 259 g/mol. The van der Waals surface area contributed by atoms with Gasteiger partial charge in [0.05, 0.1) is 12.8 Å². The maximum absolute atomic E-state index is 13.3. The maximum atomic E-state index is 13.3. The van der Waals surface area contributed by atoms with E-state index in [4.69, 9.17) is 4.42 Å². The molecule has 0 aliphatic rings. The topological polar surface area (TPSA) is 54.3 Å². The van der Waals surface area contributed by atoms with Gasteiger partial charge in [-0.25, -0.2) is 4.39 Å². The highest BCUT2D eigenvalue weighted by Crippen LogP contribution is 2.05. The first-order chi connectivity index (χ1) is 9.75. The number of benzene rings is 1. The molecule has 1 aromatic heterocycles. The van der Waals surface area contributed by atoms with Gasteiger partial charge < -0.3 is 15.1 Å². The molecule has 0 spiro atoms. The minimum Gasteiger partial charge on any atom is -0.468 e. The molecule has 2 rings (SSSR count). The van der Waals surface area contributed by atoms with Gasteiger partial charge in [0.1, 0.15) is 11.6 Å². The first-order valence-electron chi connectivity index (χ1n) is 6.49. The average Bonchev–Trinajstić information content (AvgIpc) is 2.96. The van der Waals surface area contributed by atoms with E-state index in [1.807, 2.05) is 12.1 Å². The zero-order chi connectivity index (χ0) is 14.2. The summed E-state index contributed by atoms with van der Waals surface area (Å²) in [5.41, 5.74) is 0.490. The van der Waals surface area contributed by atoms with Crippen LogP contribution in [0.4, 0.5) is 4.39 Å². The Morgan fingerprint density at radius 1 is 1.15 bits per heavy atom. The molecular formula is C15H17FN2O2. The fourth-order valence-corrected chi connectivity index (χ4v) is 1.75. The Labute approximate surface area is 117 Å². The molecule has 106 valence electrons. The first kappa shape index (κ1) is 14.3. The number of nitrogens with one attached hydrogen (secondary N) is 2. The lowest BCUT2D eigenvalue weighted by atomic mass is 10.2. The van der Waals surface area contributed by atoms with E-state index in [1.54, 1.807) is 24.5 Å². The highest BCUT2D eigenvalue weighted by molar-refractivity contribution is 5.76. The van der Waals surface area contributed by atoms with E-state index < -0.39 is 0 Å². The third-order valence-corrected chi connectivity index (χ3v) is 2.84. The van der Waals surface area contributed by atoms with E-state index in [-0.39, 0.29) is 18.3 Å². The Balaban J connectivity index is 1.62. The van der Waals surface area contributed by atoms with Crippen molar-refractivity contribution < 1.29 is 13.6 Å². The molecule has 0 saturated heterocycles. The molecule has 20 heavy (non-hydrogen) atoms. The Morgan fingerprint density at radius 2 is 2.00 bits per heavy atom. The van der Waals surface area contributed by atoms with Gasteiger partial charge in [0, 0.05) is 25.1 Å². The van der Waals surface area contributed by atoms with Crippen LogP contribution in [0.15, 0.2) is 47.1 Å². The van der Waals surface area contributed by atoms with Crippen molar-refractivity contribution in [2.75, 3.05) is 6.54 Å². The highest BCUT2D eigenvalue weighted by atomic mass is 19.1. The van der Waals surface area contributed by atoms with Crippen LogP contribution >= 0.6 is 0 Å². The average molecular weight is 276 g/mol. The minimum atomic E-state index is -0.302. The molecule has 5 heteroatoms. The fraction of sp³-hybridized carbons (Fsp3) is 0.267. The fourth-order valence-electron chi connectivity index (χ4n) is 1.75. The van der Waals surface area contributed by atoms with Crippen LogP contribution in [0.1, 0.15) is 17.7 Å². The molecule has 0 fully saturated rings. The van der Waals surface area contributed by atoms with Gasteiger partial charge in [0.2, 0.25) is 5.91 Å². The van der Waals surface area contributed by atoms with Gasteiger partial charge in [-0.05, 0) is 18.2 Å². The molecule has 0 atom stereocenters. The Bertz CT molecular complexity index is 541. The molecule has 0 unspecified atom stereocenters. The number of hydrogen-bond acceptors (Lipinski definition) is 3. The summed E-state index contributed by atoms with van der Waals surface area (Å²) in [5.74, 6) is 0.417. The second kappa shape index (κ2) is 7.45. The number of hydrogen-bond donors (Lipinski definition) is 2. The summed E-state index contributed by atoms with van der Waals surface area (Å²) in [6.07, 6.45) is 1.95. The van der Waals surface area contributed by atoms with E-state index in [1.165, 1.54) is 6.07 Å². The normalized spacial score (nSPS) is 10.4. The van der Waals surface area contributed by atoms with E-state index in [0.29, 0.717) is 25.1 Å². The van der Waals surface area contributed by atoms with Gasteiger partial charge in [0.15, 0.2) is 0 Å². The van der Waals surface area contributed by atoms with Crippen molar-refractivity contribution in [1.29, 1.82) is 0 Å². The number of carbonyl (C=O) groups is 1. The molecule has 4 nitrogen and oxygen atoms in total. The van der Waals surface area contributed by atoms with Crippen LogP contribution in [0.3, 0.4) is 0 Å². The van der Waals surface area contributed by atoms with E-state index in [9.17, 15) is 9.18 Å². The van der Waals surface area contributed by atoms with Gasteiger partial charge in [0.25, 0.3) is 0 Å². The molecule has 0 radical (unpaired) electrons. The molecule has 0 bridgehead atoms.